The Bertz CT molecular complexity index is 1700. The Morgan fingerprint density at radius 3 is 1.85 bits per heavy atom. The molecule has 6 amide bonds. The number of carbonyl (C=O) groups excluding carboxylic acids is 7. The van der Waals surface area contributed by atoms with Crippen LogP contribution in [0.5, 0.6) is 5.75 Å². The lowest BCUT2D eigenvalue weighted by molar-refractivity contribution is -0.137. The molecule has 1 aliphatic rings. The summed E-state index contributed by atoms with van der Waals surface area (Å²) in [6.45, 7) is 7.58. The van der Waals surface area contributed by atoms with E-state index in [1.165, 1.54) is 19.1 Å². The third-order valence-corrected chi connectivity index (χ3v) is 8.30. The van der Waals surface area contributed by atoms with Crippen molar-refractivity contribution in [3.63, 3.8) is 0 Å². The highest BCUT2D eigenvalue weighted by molar-refractivity contribution is 6.13. The lowest BCUT2D eigenvalue weighted by Crippen LogP contribution is -2.53. The molecule has 0 aliphatic carbocycles. The zero-order chi connectivity index (χ0) is 43.0. The number of amides is 6. The van der Waals surface area contributed by atoms with E-state index in [0.717, 1.165) is 4.90 Å². The smallest absolute Gasteiger partial charge is 0.429 e. The number of rotatable bonds is 27. The summed E-state index contributed by atoms with van der Waals surface area (Å²) in [4.78, 5) is 86.2. The predicted octanol–water partition coefficient (Wildman–Crippen LogP) is 1.46. The molecule has 3 rings (SSSR count). The molecule has 19 heteroatoms. The Balaban J connectivity index is 1.17. The maximum Gasteiger partial charge on any atom is 0.514 e. The van der Waals surface area contributed by atoms with Gasteiger partial charge in [0.05, 0.1) is 52.9 Å². The molecule has 6 N–H and O–H groups in total. The summed E-state index contributed by atoms with van der Waals surface area (Å²) < 4.78 is 32.0. The fraction of sp³-hybridized carbons (Fsp3) is 0.475. The number of carbonyl (C=O) groups is 7. The second-order valence-corrected chi connectivity index (χ2v) is 13.4. The van der Waals surface area contributed by atoms with Crippen molar-refractivity contribution >= 4 is 53.0 Å². The Morgan fingerprint density at radius 2 is 1.25 bits per heavy atom. The molecular weight excluding hydrogens is 772 g/mol. The van der Waals surface area contributed by atoms with Crippen molar-refractivity contribution in [2.24, 2.45) is 5.92 Å². The van der Waals surface area contributed by atoms with Crippen molar-refractivity contribution in [3.05, 3.63) is 66.2 Å². The molecule has 0 aromatic heterocycles. The van der Waals surface area contributed by atoms with Crippen molar-refractivity contribution in [2.75, 3.05) is 77.0 Å². The van der Waals surface area contributed by atoms with Crippen LogP contribution in [0.3, 0.4) is 0 Å². The van der Waals surface area contributed by atoms with E-state index < -0.39 is 41.9 Å². The Hall–Kier alpha value is -5.89. The number of benzene rings is 2. The second-order valence-electron chi connectivity index (χ2n) is 13.4. The van der Waals surface area contributed by atoms with Gasteiger partial charge in [0, 0.05) is 49.5 Å². The summed E-state index contributed by atoms with van der Waals surface area (Å²) >= 11 is 0. The highest BCUT2D eigenvalue weighted by atomic mass is 16.7. The average Bonchev–Trinajstić information content (AvgIpc) is 3.53. The molecule has 0 spiro atoms. The van der Waals surface area contributed by atoms with Gasteiger partial charge in [-0.2, -0.15) is 0 Å². The van der Waals surface area contributed by atoms with E-state index in [-0.39, 0.29) is 76.7 Å². The minimum absolute atomic E-state index is 0.0160. The van der Waals surface area contributed by atoms with Crippen molar-refractivity contribution in [1.29, 1.82) is 0 Å². The fourth-order valence-electron chi connectivity index (χ4n) is 5.03. The van der Waals surface area contributed by atoms with E-state index in [1.807, 2.05) is 0 Å². The first-order chi connectivity index (χ1) is 28.3. The Kier molecular flexibility index (Phi) is 21.1. The van der Waals surface area contributed by atoms with Crippen molar-refractivity contribution in [1.82, 2.24) is 20.9 Å². The number of nitrogen functional groups attached to an aromatic ring is 1. The van der Waals surface area contributed by atoms with Gasteiger partial charge >= 0.3 is 6.16 Å². The fourth-order valence-corrected chi connectivity index (χ4v) is 5.03. The zero-order valence-electron chi connectivity index (χ0n) is 33.5. The molecule has 0 unspecified atom stereocenters. The molecule has 59 heavy (non-hydrogen) atoms. The quantitative estimate of drug-likeness (QED) is 0.0281. The van der Waals surface area contributed by atoms with Crippen LogP contribution in [0, 0.1) is 5.92 Å². The van der Waals surface area contributed by atoms with Crippen LogP contribution < -0.4 is 31.7 Å². The number of hydrogen-bond donors (Lipinski definition) is 5. The van der Waals surface area contributed by atoms with Gasteiger partial charge in [0.25, 0.3) is 11.8 Å². The molecule has 0 bridgehead atoms. The third kappa shape index (κ3) is 18.9. The second kappa shape index (κ2) is 26.2. The number of nitrogens with one attached hydrogen (secondary N) is 4. The van der Waals surface area contributed by atoms with Crippen molar-refractivity contribution in [3.8, 4) is 5.75 Å². The molecule has 1 heterocycles. The van der Waals surface area contributed by atoms with Crippen LogP contribution in [0.25, 0.3) is 0 Å². The monoisotopic (exact) mass is 826 g/mol. The summed E-state index contributed by atoms with van der Waals surface area (Å²) in [6.07, 6.45) is 1.50. The van der Waals surface area contributed by atoms with Crippen molar-refractivity contribution in [2.45, 2.75) is 52.3 Å². The molecule has 322 valence electrons. The highest BCUT2D eigenvalue weighted by Crippen LogP contribution is 2.15. The number of nitrogens with two attached hydrogens (primary N) is 1. The molecule has 0 radical (unpaired) electrons. The summed E-state index contributed by atoms with van der Waals surface area (Å²) in [7, 11) is 0. The lowest BCUT2D eigenvalue weighted by atomic mass is 10.0. The number of anilines is 2. The van der Waals surface area contributed by atoms with Crippen LogP contribution in [0.2, 0.25) is 0 Å². The van der Waals surface area contributed by atoms with Crippen LogP contribution >= 0.6 is 0 Å². The van der Waals surface area contributed by atoms with Gasteiger partial charge in [-0.25, -0.2) is 4.79 Å². The van der Waals surface area contributed by atoms with E-state index >= 15 is 0 Å². The first-order valence-corrected chi connectivity index (χ1v) is 19.1. The maximum absolute atomic E-state index is 13.0. The minimum Gasteiger partial charge on any atom is -0.429 e. The average molecular weight is 827 g/mol. The number of hydrogen-bond acceptors (Lipinski definition) is 14. The zero-order valence-corrected chi connectivity index (χ0v) is 33.5. The minimum atomic E-state index is -0.917. The normalized spacial score (nSPS) is 13.2. The summed E-state index contributed by atoms with van der Waals surface area (Å²) in [5.74, 6) is -2.48. The van der Waals surface area contributed by atoms with Gasteiger partial charge in [-0.3, -0.25) is 33.7 Å². The van der Waals surface area contributed by atoms with Crippen molar-refractivity contribution < 1.29 is 62.0 Å². The number of nitrogens with zero attached hydrogens (tertiary/aromatic N) is 1. The van der Waals surface area contributed by atoms with Crippen LogP contribution in [0.15, 0.2) is 60.7 Å². The molecule has 2 aromatic rings. The first-order valence-electron chi connectivity index (χ1n) is 19.1. The van der Waals surface area contributed by atoms with Gasteiger partial charge in [-0.05, 0) is 54.8 Å². The molecule has 19 nitrogen and oxygen atoms in total. The molecule has 2 aromatic carbocycles. The Morgan fingerprint density at radius 1 is 0.678 bits per heavy atom. The van der Waals surface area contributed by atoms with E-state index in [4.69, 9.17) is 34.2 Å². The van der Waals surface area contributed by atoms with E-state index in [9.17, 15) is 33.6 Å². The molecular formula is C40H54N6O13. The SMILES string of the molecule is CC(C)[C@H](NC(=O)CCOCCOCCOCCOCCNC(=O)CCN1C(=O)C=CC1=O)C(=O)N[C@@H](C)C(=O)Nc1ccc(COC(=O)Oc2ccc(N)cc2)cc1. The molecule has 0 saturated heterocycles. The van der Waals surface area contributed by atoms with Gasteiger partial charge in [-0.1, -0.05) is 26.0 Å². The van der Waals surface area contributed by atoms with E-state index in [0.29, 0.717) is 49.1 Å². The van der Waals surface area contributed by atoms with Crippen LogP contribution in [0.4, 0.5) is 16.2 Å². The summed E-state index contributed by atoms with van der Waals surface area (Å²) in [5, 5.41) is 10.7. The molecule has 0 fully saturated rings. The van der Waals surface area contributed by atoms with Gasteiger partial charge in [0.1, 0.15) is 24.4 Å². The summed E-state index contributed by atoms with van der Waals surface area (Å²) in [6, 6.07) is 11.1. The van der Waals surface area contributed by atoms with Gasteiger partial charge in [-0.15, -0.1) is 0 Å². The topological polar surface area (TPSA) is 252 Å². The standard InChI is InChI=1S/C40H54N6O13/c1-27(2)37(39(52)43-28(3)38(51)44-31-8-4-29(5-9-31)26-58-40(53)59-32-10-6-30(41)7-11-32)45-34(48)15-18-54-20-22-56-24-25-57-23-21-55-19-16-42-33(47)14-17-46-35(49)12-13-36(46)50/h4-13,27-28,37H,14-26,41H2,1-3H3,(H,42,47)(H,43,52)(H,44,51)(H,45,48)/t28-,37-/m0/s1. The lowest BCUT2D eigenvalue weighted by Gasteiger charge is -2.24. The molecule has 1 aliphatic heterocycles. The first kappa shape index (κ1) is 47.5. The third-order valence-electron chi connectivity index (χ3n) is 8.30. The maximum atomic E-state index is 13.0. The number of ether oxygens (including phenoxy) is 6. The van der Waals surface area contributed by atoms with Crippen LogP contribution in [-0.2, 0) is 59.1 Å². The van der Waals surface area contributed by atoms with Crippen LogP contribution in [0.1, 0.15) is 39.2 Å². The Labute approximate surface area is 342 Å². The molecule has 2 atom stereocenters. The van der Waals surface area contributed by atoms with Gasteiger partial charge < -0.3 is 55.4 Å². The molecule has 0 saturated carbocycles. The number of imide groups is 1. The highest BCUT2D eigenvalue weighted by Gasteiger charge is 2.27. The van der Waals surface area contributed by atoms with E-state index in [1.54, 1.807) is 62.4 Å². The summed E-state index contributed by atoms with van der Waals surface area (Å²) in [5.41, 5.74) is 7.26. The largest absolute Gasteiger partial charge is 0.514 e. The van der Waals surface area contributed by atoms with Crippen LogP contribution in [-0.4, -0.2) is 125 Å². The predicted molar refractivity (Wildman–Crippen MR) is 212 cm³/mol. The van der Waals surface area contributed by atoms with Gasteiger partial charge in [0.2, 0.25) is 23.6 Å². The van der Waals surface area contributed by atoms with Gasteiger partial charge in [0.15, 0.2) is 0 Å². The van der Waals surface area contributed by atoms with E-state index in [2.05, 4.69) is 21.3 Å².